The first-order chi connectivity index (χ1) is 7.42. The Bertz CT molecular complexity index is 360. The Hall–Kier alpha value is -1.34. The Labute approximate surface area is 95.0 Å². The van der Waals surface area contributed by atoms with E-state index < -0.39 is 0 Å². The van der Waals surface area contributed by atoms with Gasteiger partial charge in [0.25, 0.3) is 0 Å². The summed E-state index contributed by atoms with van der Waals surface area (Å²) in [6.45, 7) is 0. The Kier molecular flexibility index (Phi) is 3.36. The van der Waals surface area contributed by atoms with Crippen molar-refractivity contribution >= 4 is 11.6 Å². The molecule has 1 atom stereocenters. The molecule has 2 rings (SSSR count). The van der Waals surface area contributed by atoms with Crippen molar-refractivity contribution in [2.24, 2.45) is 0 Å². The summed E-state index contributed by atoms with van der Waals surface area (Å²) < 4.78 is 2.13. The number of hydrogen-bond donors (Lipinski definition) is 0. The molecule has 0 aliphatic heterocycles. The maximum atomic E-state index is 6.02. The van der Waals surface area contributed by atoms with Gasteiger partial charge in [-0.15, -0.1) is 11.6 Å². The number of benzene rings is 1. The zero-order chi connectivity index (χ0) is 10.5. The average Bonchev–Trinajstić information content (AvgIpc) is 2.33. The zero-order valence-electron chi connectivity index (χ0n) is 8.38. The van der Waals surface area contributed by atoms with Crippen molar-refractivity contribution in [3.05, 3.63) is 66.5 Å². The topological polar surface area (TPSA) is 3.88 Å². The first kappa shape index (κ1) is 10.2. The molecule has 1 heterocycles. The highest BCUT2D eigenvalue weighted by Gasteiger charge is 2.18. The summed E-state index contributed by atoms with van der Waals surface area (Å²) in [6, 6.07) is 16.6. The number of rotatable bonds is 3. The molecule has 0 aliphatic rings. The second kappa shape index (κ2) is 4.94. The Morgan fingerprint density at radius 2 is 1.53 bits per heavy atom. The van der Waals surface area contributed by atoms with Gasteiger partial charge in [-0.1, -0.05) is 36.4 Å². The Balaban J connectivity index is 2.34. The smallest absolute Gasteiger partial charge is 0.196 e. The first-order valence-corrected chi connectivity index (χ1v) is 5.52. The highest BCUT2D eigenvalue weighted by Crippen LogP contribution is 2.13. The minimum absolute atomic E-state index is 0.217. The van der Waals surface area contributed by atoms with Crippen LogP contribution in [0.5, 0.6) is 0 Å². The van der Waals surface area contributed by atoms with Gasteiger partial charge in [-0.05, 0) is 0 Å². The molecule has 76 valence electrons. The molecular weight excluding hydrogens is 206 g/mol. The van der Waals surface area contributed by atoms with Gasteiger partial charge >= 0.3 is 0 Å². The van der Waals surface area contributed by atoms with Gasteiger partial charge in [0.1, 0.15) is 0 Å². The lowest BCUT2D eigenvalue weighted by Crippen LogP contribution is -2.40. The highest BCUT2D eigenvalue weighted by molar-refractivity contribution is 6.18. The molecule has 1 aromatic heterocycles. The maximum Gasteiger partial charge on any atom is 0.196 e. The molecule has 2 heteroatoms. The van der Waals surface area contributed by atoms with E-state index in [9.17, 15) is 0 Å². The van der Waals surface area contributed by atoms with Crippen LogP contribution in [0.15, 0.2) is 60.9 Å². The van der Waals surface area contributed by atoms with Gasteiger partial charge in [0.2, 0.25) is 0 Å². The van der Waals surface area contributed by atoms with E-state index in [-0.39, 0.29) is 6.04 Å². The SMILES string of the molecule is ClCC(c1ccccc1)[n+]1ccccc1. The molecule has 0 spiro atoms. The second-order valence-electron chi connectivity index (χ2n) is 3.40. The quantitative estimate of drug-likeness (QED) is 0.551. The lowest BCUT2D eigenvalue weighted by Gasteiger charge is -2.08. The van der Waals surface area contributed by atoms with Crippen LogP contribution in [-0.2, 0) is 0 Å². The van der Waals surface area contributed by atoms with Crippen molar-refractivity contribution in [2.45, 2.75) is 6.04 Å². The van der Waals surface area contributed by atoms with Crippen molar-refractivity contribution in [1.82, 2.24) is 0 Å². The largest absolute Gasteiger partial charge is 0.197 e. The van der Waals surface area contributed by atoms with Gasteiger partial charge in [0.15, 0.2) is 18.4 Å². The van der Waals surface area contributed by atoms with E-state index in [2.05, 4.69) is 16.7 Å². The summed E-state index contributed by atoms with van der Waals surface area (Å²) in [6.07, 6.45) is 4.08. The zero-order valence-corrected chi connectivity index (χ0v) is 9.14. The summed E-state index contributed by atoms with van der Waals surface area (Å²) in [7, 11) is 0. The highest BCUT2D eigenvalue weighted by atomic mass is 35.5. The van der Waals surface area contributed by atoms with Crippen molar-refractivity contribution in [3.8, 4) is 0 Å². The monoisotopic (exact) mass is 218 g/mol. The number of halogens is 1. The summed E-state index contributed by atoms with van der Waals surface area (Å²) in [5.41, 5.74) is 1.24. The molecule has 1 unspecified atom stereocenters. The van der Waals surface area contributed by atoms with Gasteiger partial charge < -0.3 is 0 Å². The van der Waals surface area contributed by atoms with Crippen LogP contribution < -0.4 is 4.57 Å². The van der Waals surface area contributed by atoms with Crippen LogP contribution in [0.25, 0.3) is 0 Å². The van der Waals surface area contributed by atoms with Crippen LogP contribution >= 0.6 is 11.6 Å². The molecule has 0 N–H and O–H groups in total. The van der Waals surface area contributed by atoms with Crippen LogP contribution in [0.2, 0.25) is 0 Å². The predicted octanol–water partition coefficient (Wildman–Crippen LogP) is 2.80. The van der Waals surface area contributed by atoms with E-state index in [4.69, 9.17) is 11.6 Å². The molecule has 0 radical (unpaired) electrons. The minimum atomic E-state index is 0.217. The van der Waals surface area contributed by atoms with Crippen molar-refractivity contribution in [1.29, 1.82) is 0 Å². The fraction of sp³-hybridized carbons (Fsp3) is 0.154. The van der Waals surface area contributed by atoms with Crippen LogP contribution in [0.3, 0.4) is 0 Å². The molecule has 15 heavy (non-hydrogen) atoms. The van der Waals surface area contributed by atoms with Gasteiger partial charge in [-0.2, -0.15) is 4.57 Å². The van der Waals surface area contributed by atoms with E-state index in [1.54, 1.807) is 0 Å². The van der Waals surface area contributed by atoms with Gasteiger partial charge in [-0.3, -0.25) is 0 Å². The molecule has 0 aliphatic carbocycles. The molecule has 0 saturated heterocycles. The van der Waals surface area contributed by atoms with E-state index in [1.807, 2.05) is 48.8 Å². The lowest BCUT2D eigenvalue weighted by molar-refractivity contribution is -0.709. The minimum Gasteiger partial charge on any atom is -0.197 e. The van der Waals surface area contributed by atoms with Crippen LogP contribution in [-0.4, -0.2) is 5.88 Å². The molecular formula is C13H13ClN+. The third kappa shape index (κ3) is 2.37. The summed E-state index contributed by atoms with van der Waals surface area (Å²) in [4.78, 5) is 0. The molecule has 1 aromatic carbocycles. The number of alkyl halides is 1. The van der Waals surface area contributed by atoms with Crippen molar-refractivity contribution in [3.63, 3.8) is 0 Å². The fourth-order valence-electron chi connectivity index (χ4n) is 1.64. The third-order valence-corrected chi connectivity index (χ3v) is 2.72. The Morgan fingerprint density at radius 1 is 0.933 bits per heavy atom. The van der Waals surface area contributed by atoms with Gasteiger partial charge in [-0.25, -0.2) is 0 Å². The number of nitrogens with zero attached hydrogens (tertiary/aromatic N) is 1. The number of hydrogen-bond acceptors (Lipinski definition) is 0. The Morgan fingerprint density at radius 3 is 2.13 bits per heavy atom. The van der Waals surface area contributed by atoms with Gasteiger partial charge in [0, 0.05) is 17.7 Å². The standard InChI is InChI=1S/C13H13ClN/c14-11-13(12-7-3-1-4-8-12)15-9-5-2-6-10-15/h1-10,13H,11H2/q+1. The fourth-order valence-corrected chi connectivity index (χ4v) is 1.97. The predicted molar refractivity (Wildman–Crippen MR) is 61.9 cm³/mol. The third-order valence-electron chi connectivity index (χ3n) is 2.43. The number of aromatic nitrogens is 1. The molecule has 2 aromatic rings. The second-order valence-corrected chi connectivity index (χ2v) is 3.71. The normalized spacial score (nSPS) is 12.3. The molecule has 0 amide bonds. The van der Waals surface area contributed by atoms with Crippen LogP contribution in [0.1, 0.15) is 11.6 Å². The first-order valence-electron chi connectivity index (χ1n) is 4.98. The lowest BCUT2D eigenvalue weighted by atomic mass is 10.1. The van der Waals surface area contributed by atoms with Crippen LogP contribution in [0, 0.1) is 0 Å². The maximum absolute atomic E-state index is 6.02. The molecule has 0 bridgehead atoms. The average molecular weight is 219 g/mol. The number of pyridine rings is 1. The summed E-state index contributed by atoms with van der Waals surface area (Å²) in [5, 5.41) is 0. The van der Waals surface area contributed by atoms with Gasteiger partial charge in [0.05, 0.1) is 5.88 Å². The molecule has 1 nitrogen and oxygen atoms in total. The summed E-state index contributed by atoms with van der Waals surface area (Å²) in [5.74, 6) is 0.582. The van der Waals surface area contributed by atoms with E-state index in [1.165, 1.54) is 5.56 Å². The van der Waals surface area contributed by atoms with E-state index >= 15 is 0 Å². The molecule has 0 saturated carbocycles. The van der Waals surface area contributed by atoms with E-state index in [0.29, 0.717) is 5.88 Å². The van der Waals surface area contributed by atoms with Crippen molar-refractivity contribution in [2.75, 3.05) is 5.88 Å². The van der Waals surface area contributed by atoms with Crippen molar-refractivity contribution < 1.29 is 4.57 Å². The van der Waals surface area contributed by atoms with Crippen LogP contribution in [0.4, 0.5) is 0 Å². The molecule has 0 fully saturated rings. The van der Waals surface area contributed by atoms with E-state index in [0.717, 1.165) is 0 Å². The summed E-state index contributed by atoms with van der Waals surface area (Å²) >= 11 is 6.02.